The first-order valence-electron chi connectivity index (χ1n) is 14.1. The van der Waals surface area contributed by atoms with E-state index in [1.54, 1.807) is 0 Å². The Morgan fingerprint density at radius 1 is 0.520 bits per heavy atom. The van der Waals surface area contributed by atoms with Crippen LogP contribution < -0.4 is 5.14 Å². The number of halogens is 6. The monoisotopic (exact) mass is 752 g/mol. The fourth-order valence-electron chi connectivity index (χ4n) is 5.42. The summed E-state index contributed by atoms with van der Waals surface area (Å²) in [7, 11) is -12.7. The first-order chi connectivity index (χ1) is 23.0. The van der Waals surface area contributed by atoms with Crippen molar-refractivity contribution in [2.75, 3.05) is 12.5 Å². The molecule has 5 aromatic carbocycles. The molecule has 0 saturated carbocycles. The van der Waals surface area contributed by atoms with E-state index in [9.17, 15) is 51.6 Å². The minimum Gasteiger partial charge on any atom is -0.225 e. The quantitative estimate of drug-likeness (QED) is 0.170. The van der Waals surface area contributed by atoms with Crippen molar-refractivity contribution in [1.29, 1.82) is 0 Å². The molecule has 5 aromatic rings. The van der Waals surface area contributed by atoms with Gasteiger partial charge in [0.25, 0.3) is 0 Å². The second-order valence-corrected chi connectivity index (χ2v) is 16.8. The van der Waals surface area contributed by atoms with Crippen molar-refractivity contribution >= 4 is 29.7 Å². The summed E-state index contributed by atoms with van der Waals surface area (Å²) in [5.74, 6) is 0. The Balaban J connectivity index is 1.70. The van der Waals surface area contributed by atoms with Crippen LogP contribution in [-0.2, 0) is 42.1 Å². The number of sulfonamides is 1. The maximum absolute atomic E-state index is 14.5. The lowest BCUT2D eigenvalue weighted by molar-refractivity contribution is -0.138. The molecule has 0 heterocycles. The Morgan fingerprint density at radius 2 is 0.980 bits per heavy atom. The lowest BCUT2D eigenvalue weighted by atomic mass is 9.93. The summed E-state index contributed by atoms with van der Waals surface area (Å²) in [4.78, 5) is -1.33. The van der Waals surface area contributed by atoms with E-state index >= 15 is 0 Å². The van der Waals surface area contributed by atoms with Crippen molar-refractivity contribution in [3.8, 4) is 44.5 Å². The molecule has 50 heavy (non-hydrogen) atoms. The number of rotatable bonds is 7. The van der Waals surface area contributed by atoms with Gasteiger partial charge in [0.1, 0.15) is 0 Å². The van der Waals surface area contributed by atoms with Gasteiger partial charge >= 0.3 is 12.4 Å². The Bertz CT molecular complexity index is 2490. The van der Waals surface area contributed by atoms with Gasteiger partial charge in [-0.1, -0.05) is 66.7 Å². The molecule has 7 nitrogen and oxygen atoms in total. The second-order valence-electron chi connectivity index (χ2n) is 11.3. The molecule has 0 fully saturated rings. The third kappa shape index (κ3) is 7.62. The summed E-state index contributed by atoms with van der Waals surface area (Å²) in [6.07, 6.45) is -8.05. The molecule has 0 aliphatic rings. The maximum Gasteiger partial charge on any atom is 0.417 e. The smallest absolute Gasteiger partial charge is 0.225 e. The lowest BCUT2D eigenvalue weighted by Crippen LogP contribution is -2.14. The third-order valence-corrected chi connectivity index (χ3v) is 10.9. The molecule has 0 aliphatic carbocycles. The zero-order valence-corrected chi connectivity index (χ0v) is 28.2. The molecule has 5 rings (SSSR count). The van der Waals surface area contributed by atoms with Gasteiger partial charge in [-0.05, 0) is 64.2 Å². The predicted octanol–water partition coefficient (Wildman–Crippen LogP) is 7.65. The van der Waals surface area contributed by atoms with E-state index in [-0.39, 0.29) is 43.8 Å². The molecule has 261 valence electrons. The lowest BCUT2D eigenvalue weighted by Gasteiger charge is -2.18. The zero-order chi connectivity index (χ0) is 37.0. The van der Waals surface area contributed by atoms with Crippen LogP contribution in [0.3, 0.4) is 0 Å². The van der Waals surface area contributed by atoms with Gasteiger partial charge in [-0.15, -0.1) is 0 Å². The largest absolute Gasteiger partial charge is 0.417 e. The molecule has 2 N–H and O–H groups in total. The Hall–Kier alpha value is -4.51. The molecule has 1 radical (unpaired) electrons. The van der Waals surface area contributed by atoms with Gasteiger partial charge < -0.3 is 0 Å². The van der Waals surface area contributed by atoms with Crippen LogP contribution in [0.4, 0.5) is 26.3 Å². The van der Waals surface area contributed by atoms with Crippen LogP contribution in [0.25, 0.3) is 44.5 Å². The topological polar surface area (TPSA) is 128 Å². The standard InChI is InChI=1S/C34H24F6NO6S3/c1-48(42,43)30-9-4-3-8-26(30)21-10-13-25(29(17-21)34(38,39)40)22-11-15-28(32(19-22)50(41,46)47)23-12-14-27(31(18-23)49(2,44)45)20-6-5-7-24(16-20)33(35,36)37/h3-6,8-19H,1-2H3,(H2,41,46,47). The van der Waals surface area contributed by atoms with Crippen LogP contribution in [0.15, 0.2) is 112 Å². The summed E-state index contributed by atoms with van der Waals surface area (Å²) in [5, 5.41) is 5.49. The summed E-state index contributed by atoms with van der Waals surface area (Å²) >= 11 is 0. The molecule has 16 heteroatoms. The van der Waals surface area contributed by atoms with E-state index in [2.05, 4.69) is 0 Å². The highest BCUT2D eigenvalue weighted by atomic mass is 32.2. The number of alkyl halides is 6. The number of nitrogens with two attached hydrogens (primary N) is 1. The van der Waals surface area contributed by atoms with Crippen LogP contribution in [0.5, 0.6) is 0 Å². The highest BCUT2D eigenvalue weighted by molar-refractivity contribution is 7.91. The Morgan fingerprint density at radius 3 is 1.52 bits per heavy atom. The average Bonchev–Trinajstić information content (AvgIpc) is 3.02. The van der Waals surface area contributed by atoms with Gasteiger partial charge in [0.15, 0.2) is 19.7 Å². The minimum absolute atomic E-state index is 0.0148. The molecule has 0 aromatic heterocycles. The zero-order valence-electron chi connectivity index (χ0n) is 25.8. The normalized spacial score (nSPS) is 13.0. The van der Waals surface area contributed by atoms with Crippen molar-refractivity contribution in [2.45, 2.75) is 27.0 Å². The van der Waals surface area contributed by atoms with Gasteiger partial charge in [-0.3, -0.25) is 0 Å². The van der Waals surface area contributed by atoms with E-state index in [1.165, 1.54) is 48.5 Å². The van der Waals surface area contributed by atoms with Crippen molar-refractivity contribution < 1.29 is 51.6 Å². The predicted molar refractivity (Wildman–Crippen MR) is 175 cm³/mol. The fourth-order valence-corrected chi connectivity index (χ4v) is 8.04. The van der Waals surface area contributed by atoms with Gasteiger partial charge in [0.2, 0.25) is 10.0 Å². The van der Waals surface area contributed by atoms with E-state index < -0.39 is 68.5 Å². The fraction of sp³-hybridized carbons (Fsp3) is 0.118. The summed E-state index contributed by atoms with van der Waals surface area (Å²) in [5.41, 5.74) is -3.65. The van der Waals surface area contributed by atoms with E-state index in [4.69, 9.17) is 5.14 Å². The van der Waals surface area contributed by atoms with Crippen LogP contribution in [0.2, 0.25) is 0 Å². The van der Waals surface area contributed by atoms with Crippen molar-refractivity contribution in [1.82, 2.24) is 0 Å². The first kappa shape index (κ1) is 36.8. The van der Waals surface area contributed by atoms with Crippen LogP contribution >= 0.6 is 0 Å². The van der Waals surface area contributed by atoms with Gasteiger partial charge in [-0.2, -0.15) is 26.3 Å². The molecule has 0 unspecified atom stereocenters. The number of sulfone groups is 2. The second kappa shape index (κ2) is 12.7. The van der Waals surface area contributed by atoms with E-state index in [0.29, 0.717) is 6.07 Å². The molecule has 0 amide bonds. The minimum atomic E-state index is -4.99. The number of benzene rings is 5. The van der Waals surface area contributed by atoms with Crippen LogP contribution in [0, 0.1) is 6.07 Å². The van der Waals surface area contributed by atoms with Gasteiger partial charge in [-0.25, -0.2) is 30.4 Å². The van der Waals surface area contributed by atoms with Gasteiger partial charge in [0, 0.05) is 29.2 Å². The molecule has 0 atom stereocenters. The summed E-state index contributed by atoms with van der Waals surface area (Å²) in [6.45, 7) is 0. The van der Waals surface area contributed by atoms with E-state index in [1.807, 2.05) is 6.07 Å². The molecular formula is C34H24F6NO6S3. The number of primary sulfonamides is 1. The van der Waals surface area contributed by atoms with Crippen LogP contribution in [0.1, 0.15) is 11.1 Å². The summed E-state index contributed by atoms with van der Waals surface area (Å²) in [6, 6.07) is 20.1. The molecule has 0 spiro atoms. The molecule has 0 bridgehead atoms. The Labute approximate surface area is 283 Å². The highest BCUT2D eigenvalue weighted by Crippen LogP contribution is 2.43. The van der Waals surface area contributed by atoms with Crippen molar-refractivity contribution in [2.24, 2.45) is 5.14 Å². The average molecular weight is 753 g/mol. The Kier molecular flexibility index (Phi) is 9.32. The highest BCUT2D eigenvalue weighted by Gasteiger charge is 2.35. The molecule has 0 saturated heterocycles. The van der Waals surface area contributed by atoms with E-state index in [0.717, 1.165) is 55.0 Å². The van der Waals surface area contributed by atoms with Crippen molar-refractivity contribution in [3.63, 3.8) is 0 Å². The third-order valence-electron chi connectivity index (χ3n) is 7.63. The van der Waals surface area contributed by atoms with Crippen LogP contribution in [-0.4, -0.2) is 37.8 Å². The SMILES string of the molecule is CS(=O)(=O)c1ccccc1-c1ccc(-c2ccc(-c3ccc(-c4cc[c]c(C(F)(F)F)c4)c(S(C)(=O)=O)c3)c(S(N)(=O)=O)c2)c(C(F)(F)F)c1. The number of hydrogen-bond acceptors (Lipinski definition) is 6. The first-order valence-corrected chi connectivity index (χ1v) is 19.4. The van der Waals surface area contributed by atoms with Crippen molar-refractivity contribution in [3.05, 3.63) is 114 Å². The maximum atomic E-state index is 14.5. The number of hydrogen-bond donors (Lipinski definition) is 1. The van der Waals surface area contributed by atoms with Gasteiger partial charge in [0.05, 0.1) is 25.8 Å². The summed E-state index contributed by atoms with van der Waals surface area (Å²) < 4.78 is 160. The molecule has 0 aliphatic heterocycles. The molecular weight excluding hydrogens is 729 g/mol.